The average molecular weight is 280 g/mol. The van der Waals surface area contributed by atoms with Crippen LogP contribution in [-0.4, -0.2) is 30.4 Å². The highest BCUT2D eigenvalue weighted by atomic mass is 16.7. The number of hydrogen-bond acceptors (Lipinski definition) is 4. The van der Waals surface area contributed by atoms with E-state index in [1.807, 2.05) is 0 Å². The molecule has 0 spiro atoms. The Labute approximate surface area is 115 Å². The molecule has 3 N–H and O–H groups in total. The maximum atomic E-state index is 11.6. The van der Waals surface area contributed by atoms with E-state index >= 15 is 0 Å². The minimum atomic E-state index is -0.824. The summed E-state index contributed by atoms with van der Waals surface area (Å²) < 4.78 is 10.4. The molecule has 2 rings (SSSR count). The van der Waals surface area contributed by atoms with Gasteiger partial charge in [0.2, 0.25) is 6.79 Å². The van der Waals surface area contributed by atoms with Gasteiger partial charge in [0.1, 0.15) is 0 Å². The van der Waals surface area contributed by atoms with E-state index in [0.29, 0.717) is 36.6 Å². The zero-order valence-corrected chi connectivity index (χ0v) is 10.8. The highest BCUT2D eigenvalue weighted by Gasteiger charge is 2.13. The average Bonchev–Trinajstić information content (AvgIpc) is 2.85. The van der Waals surface area contributed by atoms with Gasteiger partial charge in [0.05, 0.1) is 0 Å². The van der Waals surface area contributed by atoms with Crippen LogP contribution in [0, 0.1) is 0 Å². The second-order valence-electron chi connectivity index (χ2n) is 4.30. The standard InChI is InChI=1S/C13H16N2O5/c16-12(17)3-1-2-6-14-13(18)15-9-4-5-10-11(7-9)20-8-19-10/h4-5,7H,1-3,6,8H2,(H,16,17)(H2,14,15,18). The number of rotatable bonds is 6. The van der Waals surface area contributed by atoms with Gasteiger partial charge in [-0.3, -0.25) is 4.79 Å². The topological polar surface area (TPSA) is 96.9 Å². The molecule has 0 aliphatic carbocycles. The predicted octanol–water partition coefficient (Wildman–Crippen LogP) is 1.79. The van der Waals surface area contributed by atoms with Crippen molar-refractivity contribution in [2.24, 2.45) is 0 Å². The Bertz CT molecular complexity index is 504. The summed E-state index contributed by atoms with van der Waals surface area (Å²) >= 11 is 0. The largest absolute Gasteiger partial charge is 0.481 e. The number of amides is 2. The zero-order chi connectivity index (χ0) is 14.4. The van der Waals surface area contributed by atoms with E-state index in [1.54, 1.807) is 18.2 Å². The first-order valence-electron chi connectivity index (χ1n) is 6.31. The molecule has 1 aliphatic heterocycles. The lowest BCUT2D eigenvalue weighted by molar-refractivity contribution is -0.137. The molecular weight excluding hydrogens is 264 g/mol. The smallest absolute Gasteiger partial charge is 0.319 e. The monoisotopic (exact) mass is 280 g/mol. The van der Waals surface area contributed by atoms with Gasteiger partial charge in [0, 0.05) is 24.7 Å². The number of carboxylic acids is 1. The molecule has 7 heteroatoms. The summed E-state index contributed by atoms with van der Waals surface area (Å²) in [6, 6.07) is 4.80. The first kappa shape index (κ1) is 14.0. The zero-order valence-electron chi connectivity index (χ0n) is 10.8. The molecule has 0 atom stereocenters. The van der Waals surface area contributed by atoms with E-state index in [4.69, 9.17) is 14.6 Å². The number of urea groups is 1. The van der Waals surface area contributed by atoms with Gasteiger partial charge in [0.15, 0.2) is 11.5 Å². The minimum Gasteiger partial charge on any atom is -0.481 e. The van der Waals surface area contributed by atoms with Crippen LogP contribution in [0.2, 0.25) is 0 Å². The summed E-state index contributed by atoms with van der Waals surface area (Å²) in [5, 5.41) is 13.8. The molecular formula is C13H16N2O5. The number of carbonyl (C=O) groups excluding carboxylic acids is 1. The summed E-state index contributed by atoms with van der Waals surface area (Å²) in [5.41, 5.74) is 0.609. The van der Waals surface area contributed by atoms with Gasteiger partial charge < -0.3 is 25.2 Å². The Morgan fingerprint density at radius 2 is 2.00 bits per heavy atom. The fourth-order valence-corrected chi connectivity index (χ4v) is 1.75. The third kappa shape index (κ3) is 4.04. The Kier molecular flexibility index (Phi) is 4.65. The van der Waals surface area contributed by atoms with E-state index in [2.05, 4.69) is 10.6 Å². The molecule has 0 aromatic heterocycles. The highest BCUT2D eigenvalue weighted by molar-refractivity contribution is 5.89. The number of benzene rings is 1. The van der Waals surface area contributed by atoms with Crippen molar-refractivity contribution < 1.29 is 24.2 Å². The maximum absolute atomic E-state index is 11.6. The third-order valence-corrected chi connectivity index (χ3v) is 2.73. The minimum absolute atomic E-state index is 0.117. The summed E-state index contributed by atoms with van der Waals surface area (Å²) in [6.45, 7) is 0.623. The lowest BCUT2D eigenvalue weighted by Gasteiger charge is -2.07. The normalized spacial score (nSPS) is 12.0. The van der Waals surface area contributed by atoms with Gasteiger partial charge in [-0.05, 0) is 25.0 Å². The fourth-order valence-electron chi connectivity index (χ4n) is 1.75. The lowest BCUT2D eigenvalue weighted by atomic mass is 10.2. The number of ether oxygens (including phenoxy) is 2. The molecule has 1 aliphatic rings. The number of nitrogens with one attached hydrogen (secondary N) is 2. The van der Waals surface area contributed by atoms with Gasteiger partial charge in [0.25, 0.3) is 0 Å². The van der Waals surface area contributed by atoms with Crippen molar-refractivity contribution in [2.75, 3.05) is 18.7 Å². The van der Waals surface area contributed by atoms with Crippen LogP contribution in [-0.2, 0) is 4.79 Å². The first-order valence-corrected chi connectivity index (χ1v) is 6.31. The fraction of sp³-hybridized carbons (Fsp3) is 0.385. The molecule has 0 unspecified atom stereocenters. The van der Waals surface area contributed by atoms with Crippen molar-refractivity contribution in [2.45, 2.75) is 19.3 Å². The van der Waals surface area contributed by atoms with E-state index in [0.717, 1.165) is 0 Å². The van der Waals surface area contributed by atoms with Crippen LogP contribution >= 0.6 is 0 Å². The number of carboxylic acid groups (broad SMARTS) is 1. The molecule has 1 aromatic rings. The van der Waals surface area contributed by atoms with Gasteiger partial charge in [-0.1, -0.05) is 0 Å². The van der Waals surface area contributed by atoms with Crippen LogP contribution in [0.5, 0.6) is 11.5 Å². The third-order valence-electron chi connectivity index (χ3n) is 2.73. The van der Waals surface area contributed by atoms with E-state index in [1.165, 1.54) is 0 Å². The molecule has 2 amide bonds. The summed E-state index contributed by atoms with van der Waals surface area (Å²) in [7, 11) is 0. The Balaban J connectivity index is 1.70. The first-order chi connectivity index (χ1) is 9.65. The molecule has 0 saturated carbocycles. The van der Waals surface area contributed by atoms with Crippen molar-refractivity contribution in [3.05, 3.63) is 18.2 Å². The lowest BCUT2D eigenvalue weighted by Crippen LogP contribution is -2.29. The van der Waals surface area contributed by atoms with Crippen LogP contribution in [0.4, 0.5) is 10.5 Å². The number of anilines is 1. The molecule has 7 nitrogen and oxygen atoms in total. The SMILES string of the molecule is O=C(O)CCCCNC(=O)Nc1ccc2c(c1)OCO2. The van der Waals surface area contributed by atoms with Crippen molar-refractivity contribution >= 4 is 17.7 Å². The number of unbranched alkanes of at least 4 members (excludes halogenated alkanes) is 1. The molecule has 0 fully saturated rings. The van der Waals surface area contributed by atoms with E-state index in [-0.39, 0.29) is 19.2 Å². The quantitative estimate of drug-likeness (QED) is 0.690. The highest BCUT2D eigenvalue weighted by Crippen LogP contribution is 2.34. The Morgan fingerprint density at radius 1 is 1.20 bits per heavy atom. The number of aliphatic carboxylic acids is 1. The van der Waals surface area contributed by atoms with Crippen LogP contribution in [0.1, 0.15) is 19.3 Å². The summed E-state index contributed by atoms with van der Waals surface area (Å²) in [5.74, 6) is 0.434. The van der Waals surface area contributed by atoms with Gasteiger partial charge in [-0.2, -0.15) is 0 Å². The Hall–Kier alpha value is -2.44. The molecule has 20 heavy (non-hydrogen) atoms. The number of hydrogen-bond donors (Lipinski definition) is 3. The van der Waals surface area contributed by atoms with Crippen LogP contribution in [0.25, 0.3) is 0 Å². The molecule has 0 saturated heterocycles. The predicted molar refractivity (Wildman–Crippen MR) is 71.1 cm³/mol. The van der Waals surface area contributed by atoms with Crippen molar-refractivity contribution in [1.82, 2.24) is 5.32 Å². The van der Waals surface area contributed by atoms with Crippen molar-refractivity contribution in [3.63, 3.8) is 0 Å². The molecule has 0 bridgehead atoms. The van der Waals surface area contributed by atoms with Crippen LogP contribution in [0.15, 0.2) is 18.2 Å². The maximum Gasteiger partial charge on any atom is 0.319 e. The van der Waals surface area contributed by atoms with Gasteiger partial charge >= 0.3 is 12.0 Å². The second-order valence-corrected chi connectivity index (χ2v) is 4.30. The molecule has 1 aromatic carbocycles. The van der Waals surface area contributed by atoms with Crippen molar-refractivity contribution in [3.8, 4) is 11.5 Å². The summed E-state index contributed by atoms with van der Waals surface area (Å²) in [6.07, 6.45) is 1.28. The number of fused-ring (bicyclic) bond motifs is 1. The van der Waals surface area contributed by atoms with Gasteiger partial charge in [-0.15, -0.1) is 0 Å². The Morgan fingerprint density at radius 3 is 2.80 bits per heavy atom. The molecule has 0 radical (unpaired) electrons. The second kappa shape index (κ2) is 6.65. The summed E-state index contributed by atoms with van der Waals surface area (Å²) in [4.78, 5) is 21.9. The van der Waals surface area contributed by atoms with Gasteiger partial charge in [-0.25, -0.2) is 4.79 Å². The van der Waals surface area contributed by atoms with E-state index < -0.39 is 5.97 Å². The van der Waals surface area contributed by atoms with Crippen molar-refractivity contribution in [1.29, 1.82) is 0 Å². The van der Waals surface area contributed by atoms with E-state index in [9.17, 15) is 9.59 Å². The molecule has 1 heterocycles. The number of carbonyl (C=O) groups is 2. The van der Waals surface area contributed by atoms with Crippen LogP contribution < -0.4 is 20.1 Å². The van der Waals surface area contributed by atoms with Crippen LogP contribution in [0.3, 0.4) is 0 Å². The molecule has 108 valence electrons.